The van der Waals surface area contributed by atoms with E-state index in [0.29, 0.717) is 12.0 Å². The Morgan fingerprint density at radius 1 is 1.30 bits per heavy atom. The summed E-state index contributed by atoms with van der Waals surface area (Å²) in [6.45, 7) is 8.82. The first-order valence-corrected chi connectivity index (χ1v) is 6.47. The van der Waals surface area contributed by atoms with Crippen LogP contribution in [-0.4, -0.2) is 34.9 Å². The summed E-state index contributed by atoms with van der Waals surface area (Å²) < 4.78 is 5.30. The highest BCUT2D eigenvalue weighted by atomic mass is 16.6. The van der Waals surface area contributed by atoms with Crippen molar-refractivity contribution in [1.82, 2.24) is 9.88 Å². The Morgan fingerprint density at radius 3 is 2.35 bits per heavy atom. The first-order chi connectivity index (χ1) is 9.10. The number of aldehydes is 1. The van der Waals surface area contributed by atoms with Gasteiger partial charge in [0.25, 0.3) is 0 Å². The molecular formula is C15H22N2O3. The summed E-state index contributed by atoms with van der Waals surface area (Å²) >= 11 is 0. The third-order valence-electron chi connectivity index (χ3n) is 3.00. The summed E-state index contributed by atoms with van der Waals surface area (Å²) in [4.78, 5) is 29.3. The van der Waals surface area contributed by atoms with Crippen LogP contribution in [0.3, 0.4) is 0 Å². The lowest BCUT2D eigenvalue weighted by molar-refractivity contribution is -0.117. The minimum Gasteiger partial charge on any atom is -0.444 e. The highest BCUT2D eigenvalue weighted by Gasteiger charge is 2.38. The van der Waals surface area contributed by atoms with E-state index in [1.165, 1.54) is 11.9 Å². The van der Waals surface area contributed by atoms with Gasteiger partial charge in [0.2, 0.25) is 0 Å². The third-order valence-corrected chi connectivity index (χ3v) is 3.00. The van der Waals surface area contributed by atoms with Gasteiger partial charge in [-0.25, -0.2) is 4.79 Å². The Kier molecular flexibility index (Phi) is 4.53. The molecule has 1 amide bonds. The van der Waals surface area contributed by atoms with Gasteiger partial charge >= 0.3 is 6.09 Å². The monoisotopic (exact) mass is 278 g/mol. The molecule has 0 saturated heterocycles. The molecule has 0 fully saturated rings. The molecule has 0 aliphatic rings. The van der Waals surface area contributed by atoms with Gasteiger partial charge in [0.1, 0.15) is 11.1 Å². The number of hydrogen-bond donors (Lipinski definition) is 0. The van der Waals surface area contributed by atoms with E-state index in [1.807, 2.05) is 19.1 Å². The molecular weight excluding hydrogens is 256 g/mol. The van der Waals surface area contributed by atoms with Gasteiger partial charge in [-0.1, -0.05) is 6.07 Å². The van der Waals surface area contributed by atoms with Crippen LogP contribution in [0.2, 0.25) is 0 Å². The first kappa shape index (κ1) is 16.1. The minimum atomic E-state index is -1.16. The van der Waals surface area contributed by atoms with E-state index >= 15 is 0 Å². The number of rotatable bonds is 3. The van der Waals surface area contributed by atoms with Crippen molar-refractivity contribution in [1.29, 1.82) is 0 Å². The zero-order valence-electron chi connectivity index (χ0n) is 12.9. The van der Waals surface area contributed by atoms with Gasteiger partial charge in [-0.3, -0.25) is 9.88 Å². The number of hydrogen-bond acceptors (Lipinski definition) is 4. The lowest BCUT2D eigenvalue weighted by Gasteiger charge is -2.35. The van der Waals surface area contributed by atoms with Gasteiger partial charge in [-0.2, -0.15) is 0 Å². The Labute approximate surface area is 119 Å². The molecule has 5 nitrogen and oxygen atoms in total. The average Bonchev–Trinajstić information content (AvgIpc) is 2.34. The second-order valence-electron chi connectivity index (χ2n) is 5.97. The maximum atomic E-state index is 12.1. The molecule has 0 N–H and O–H groups in total. The Bertz CT molecular complexity index is 508. The summed E-state index contributed by atoms with van der Waals surface area (Å²) in [5.74, 6) is 0. The van der Waals surface area contributed by atoms with Gasteiger partial charge < -0.3 is 9.53 Å². The van der Waals surface area contributed by atoms with Gasteiger partial charge in [0, 0.05) is 12.7 Å². The number of nitrogens with zero attached hydrogens (tertiary/aromatic N) is 2. The van der Waals surface area contributed by atoms with Crippen molar-refractivity contribution in [3.05, 3.63) is 29.6 Å². The minimum absolute atomic E-state index is 0.515. The van der Waals surface area contributed by atoms with Crippen molar-refractivity contribution >= 4 is 12.4 Å². The standard InChI is InChI=1S/C15H22N2O3/c1-11-8-7-9-12(16-11)15(5,10-18)17(6)13(19)20-14(2,3)4/h7-10H,1-6H3. The Hall–Kier alpha value is -1.91. The molecule has 1 aromatic rings. The van der Waals surface area contributed by atoms with Gasteiger partial charge in [-0.15, -0.1) is 0 Å². The Morgan fingerprint density at radius 2 is 1.90 bits per heavy atom. The zero-order chi connectivity index (χ0) is 15.6. The largest absolute Gasteiger partial charge is 0.444 e. The first-order valence-electron chi connectivity index (χ1n) is 6.47. The SMILES string of the molecule is Cc1cccc(C(C)(C=O)N(C)C(=O)OC(C)(C)C)n1. The topological polar surface area (TPSA) is 59.5 Å². The molecule has 5 heteroatoms. The van der Waals surface area contributed by atoms with E-state index in [2.05, 4.69) is 4.98 Å². The molecule has 1 aromatic heterocycles. The highest BCUT2D eigenvalue weighted by Crippen LogP contribution is 2.25. The molecule has 0 aromatic carbocycles. The van der Waals surface area contributed by atoms with Crippen LogP contribution in [-0.2, 0) is 15.1 Å². The molecule has 1 unspecified atom stereocenters. The summed E-state index contributed by atoms with van der Waals surface area (Å²) in [5.41, 5.74) is -0.474. The number of carbonyl (C=O) groups is 2. The quantitative estimate of drug-likeness (QED) is 0.798. The fourth-order valence-corrected chi connectivity index (χ4v) is 1.66. The van der Waals surface area contributed by atoms with Crippen LogP contribution in [0.4, 0.5) is 4.79 Å². The number of likely N-dealkylation sites (N-methyl/N-ethyl adjacent to an activating group) is 1. The average molecular weight is 278 g/mol. The van der Waals surface area contributed by atoms with Crippen molar-refractivity contribution in [3.8, 4) is 0 Å². The van der Waals surface area contributed by atoms with Crippen LogP contribution in [0.15, 0.2) is 18.2 Å². The molecule has 110 valence electrons. The van der Waals surface area contributed by atoms with Crippen molar-refractivity contribution in [2.45, 2.75) is 45.8 Å². The number of pyridine rings is 1. The maximum absolute atomic E-state index is 12.1. The predicted octanol–water partition coefficient (Wildman–Crippen LogP) is 2.67. The molecule has 0 radical (unpaired) electrons. The van der Waals surface area contributed by atoms with Crippen LogP contribution in [0, 0.1) is 6.92 Å². The second-order valence-corrected chi connectivity index (χ2v) is 5.97. The second kappa shape index (κ2) is 5.61. The van der Waals surface area contributed by atoms with E-state index in [4.69, 9.17) is 4.74 Å². The number of amides is 1. The van der Waals surface area contributed by atoms with E-state index in [1.54, 1.807) is 33.8 Å². The lowest BCUT2D eigenvalue weighted by Crippen LogP contribution is -2.48. The molecule has 20 heavy (non-hydrogen) atoms. The molecule has 0 aliphatic heterocycles. The summed E-state index contributed by atoms with van der Waals surface area (Å²) in [6, 6.07) is 5.37. The smallest absolute Gasteiger partial charge is 0.411 e. The molecule has 1 rings (SSSR count). The van der Waals surface area contributed by atoms with Gasteiger partial charge in [0.05, 0.1) is 5.69 Å². The maximum Gasteiger partial charge on any atom is 0.411 e. The van der Waals surface area contributed by atoms with Crippen molar-refractivity contribution < 1.29 is 14.3 Å². The summed E-state index contributed by atoms with van der Waals surface area (Å²) in [5, 5.41) is 0. The number of carbonyl (C=O) groups excluding carboxylic acids is 2. The molecule has 0 saturated carbocycles. The zero-order valence-corrected chi connectivity index (χ0v) is 12.9. The molecule has 1 heterocycles. The fraction of sp³-hybridized carbons (Fsp3) is 0.533. The summed E-state index contributed by atoms with van der Waals surface area (Å²) in [6.07, 6.45) is 0.147. The Balaban J connectivity index is 3.10. The molecule has 0 aliphatic carbocycles. The van der Waals surface area contributed by atoms with Gasteiger partial charge in [-0.05, 0) is 46.8 Å². The van der Waals surface area contributed by atoms with Crippen molar-refractivity contribution in [3.63, 3.8) is 0 Å². The molecule has 0 spiro atoms. The predicted molar refractivity (Wildman–Crippen MR) is 76.4 cm³/mol. The molecule has 0 bridgehead atoms. The van der Waals surface area contributed by atoms with Gasteiger partial charge in [0.15, 0.2) is 6.29 Å². The lowest BCUT2D eigenvalue weighted by atomic mass is 9.97. The van der Waals surface area contributed by atoms with E-state index in [9.17, 15) is 9.59 Å². The van der Waals surface area contributed by atoms with Crippen LogP contribution in [0.1, 0.15) is 39.1 Å². The third kappa shape index (κ3) is 3.56. The fourth-order valence-electron chi connectivity index (χ4n) is 1.66. The van der Waals surface area contributed by atoms with Crippen LogP contribution >= 0.6 is 0 Å². The highest BCUT2D eigenvalue weighted by molar-refractivity contribution is 5.77. The van der Waals surface area contributed by atoms with Crippen LogP contribution < -0.4 is 0 Å². The molecule has 1 atom stereocenters. The van der Waals surface area contributed by atoms with Crippen LogP contribution in [0.5, 0.6) is 0 Å². The number of aromatic nitrogens is 1. The van der Waals surface area contributed by atoms with E-state index < -0.39 is 17.2 Å². The number of aryl methyl sites for hydroxylation is 1. The normalized spacial score (nSPS) is 14.3. The van der Waals surface area contributed by atoms with E-state index in [-0.39, 0.29) is 0 Å². The van der Waals surface area contributed by atoms with Crippen molar-refractivity contribution in [2.75, 3.05) is 7.05 Å². The van der Waals surface area contributed by atoms with Crippen LogP contribution in [0.25, 0.3) is 0 Å². The number of ether oxygens (including phenoxy) is 1. The van der Waals surface area contributed by atoms with E-state index in [0.717, 1.165) is 5.69 Å². The summed E-state index contributed by atoms with van der Waals surface area (Å²) in [7, 11) is 1.53. The van der Waals surface area contributed by atoms with Crippen molar-refractivity contribution in [2.24, 2.45) is 0 Å².